The molecule has 0 saturated heterocycles. The van der Waals surface area contributed by atoms with E-state index in [9.17, 15) is 9.59 Å². The van der Waals surface area contributed by atoms with Gasteiger partial charge < -0.3 is 26.0 Å². The average molecular weight is 471 g/mol. The van der Waals surface area contributed by atoms with Crippen LogP contribution in [0.2, 0.25) is 0 Å². The maximum absolute atomic E-state index is 13.0. The molecule has 180 valence electrons. The topological polar surface area (TPSA) is 93.7 Å². The van der Waals surface area contributed by atoms with E-state index in [1.54, 1.807) is 12.1 Å². The fourth-order valence-electron chi connectivity index (χ4n) is 4.01. The Balaban J connectivity index is 1.57. The molecule has 0 radical (unpaired) electrons. The van der Waals surface area contributed by atoms with Crippen LogP contribution >= 0.6 is 0 Å². The van der Waals surface area contributed by atoms with Crippen molar-refractivity contribution in [1.82, 2.24) is 10.2 Å². The number of aryl methyl sites for hydroxylation is 1. The summed E-state index contributed by atoms with van der Waals surface area (Å²) in [6, 6.07) is 22.8. The SMILES string of the molecule is Cc1ccc2c(c1)C(=C(Nc1ccc(C(=O)NCCN(C)CCO)cc1)c1ccccc1)C(=O)N2. The first-order valence-corrected chi connectivity index (χ1v) is 11.6. The van der Waals surface area contributed by atoms with E-state index in [0.717, 1.165) is 28.1 Å². The maximum atomic E-state index is 13.0. The number of likely N-dealkylation sites (N-methyl/N-ethyl adjacent to an activating group) is 1. The van der Waals surface area contributed by atoms with E-state index >= 15 is 0 Å². The van der Waals surface area contributed by atoms with Crippen molar-refractivity contribution in [3.05, 3.63) is 95.1 Å². The van der Waals surface area contributed by atoms with Crippen molar-refractivity contribution in [2.24, 2.45) is 0 Å². The second-order valence-corrected chi connectivity index (χ2v) is 8.60. The van der Waals surface area contributed by atoms with Gasteiger partial charge in [-0.15, -0.1) is 0 Å². The second kappa shape index (κ2) is 11.0. The van der Waals surface area contributed by atoms with Crippen LogP contribution in [0, 0.1) is 6.92 Å². The summed E-state index contributed by atoms with van der Waals surface area (Å²) in [5.74, 6) is -0.311. The molecule has 1 aliphatic rings. The highest BCUT2D eigenvalue weighted by Gasteiger charge is 2.28. The quantitative estimate of drug-likeness (QED) is 0.359. The van der Waals surface area contributed by atoms with Crippen LogP contribution < -0.4 is 16.0 Å². The number of carbonyl (C=O) groups is 2. The second-order valence-electron chi connectivity index (χ2n) is 8.60. The molecular formula is C28H30N4O3. The van der Waals surface area contributed by atoms with Crippen LogP contribution in [-0.4, -0.2) is 55.1 Å². The predicted molar refractivity (Wildman–Crippen MR) is 140 cm³/mol. The van der Waals surface area contributed by atoms with Gasteiger partial charge in [0.1, 0.15) is 0 Å². The molecule has 35 heavy (non-hydrogen) atoms. The number of amides is 2. The lowest BCUT2D eigenvalue weighted by Crippen LogP contribution is -2.34. The Morgan fingerprint density at radius 2 is 1.71 bits per heavy atom. The Morgan fingerprint density at radius 1 is 0.971 bits per heavy atom. The van der Waals surface area contributed by atoms with Gasteiger partial charge in [0.05, 0.1) is 17.9 Å². The van der Waals surface area contributed by atoms with Gasteiger partial charge in [-0.3, -0.25) is 9.59 Å². The largest absolute Gasteiger partial charge is 0.395 e. The number of hydrogen-bond donors (Lipinski definition) is 4. The Hall–Kier alpha value is -3.94. The van der Waals surface area contributed by atoms with Gasteiger partial charge in [0.15, 0.2) is 0 Å². The average Bonchev–Trinajstić information content (AvgIpc) is 3.18. The minimum atomic E-state index is -0.157. The summed E-state index contributed by atoms with van der Waals surface area (Å²) >= 11 is 0. The highest BCUT2D eigenvalue weighted by molar-refractivity contribution is 6.37. The van der Waals surface area contributed by atoms with Crippen molar-refractivity contribution in [3.63, 3.8) is 0 Å². The Labute approximate surface area is 205 Å². The van der Waals surface area contributed by atoms with Gasteiger partial charge in [0.2, 0.25) is 0 Å². The Kier molecular flexibility index (Phi) is 7.60. The van der Waals surface area contributed by atoms with Gasteiger partial charge in [-0.05, 0) is 55.9 Å². The molecule has 1 heterocycles. The summed E-state index contributed by atoms with van der Waals surface area (Å²) in [4.78, 5) is 27.4. The van der Waals surface area contributed by atoms with Gasteiger partial charge in [0, 0.05) is 42.1 Å². The number of rotatable bonds is 9. The highest BCUT2D eigenvalue weighted by Crippen LogP contribution is 2.38. The summed E-state index contributed by atoms with van der Waals surface area (Å²) in [5.41, 5.74) is 6.23. The van der Waals surface area contributed by atoms with Crippen molar-refractivity contribution >= 4 is 34.5 Å². The van der Waals surface area contributed by atoms with Crippen LogP contribution in [-0.2, 0) is 4.79 Å². The smallest absolute Gasteiger partial charge is 0.258 e. The third kappa shape index (κ3) is 5.77. The molecule has 0 fully saturated rings. The molecule has 3 aromatic rings. The molecule has 0 saturated carbocycles. The number of benzene rings is 3. The summed E-state index contributed by atoms with van der Waals surface area (Å²) < 4.78 is 0. The van der Waals surface area contributed by atoms with Gasteiger partial charge in [0.25, 0.3) is 11.8 Å². The minimum Gasteiger partial charge on any atom is -0.395 e. The molecule has 4 N–H and O–H groups in total. The van der Waals surface area contributed by atoms with E-state index < -0.39 is 0 Å². The minimum absolute atomic E-state index is 0.0902. The van der Waals surface area contributed by atoms with Crippen LogP contribution in [0.1, 0.15) is 27.0 Å². The van der Waals surface area contributed by atoms with Crippen LogP contribution in [0.15, 0.2) is 72.8 Å². The Bertz CT molecular complexity index is 1240. The summed E-state index contributed by atoms with van der Waals surface area (Å²) in [6.45, 7) is 3.81. The first kappa shape index (κ1) is 24.2. The monoisotopic (exact) mass is 470 g/mol. The number of nitrogens with one attached hydrogen (secondary N) is 3. The summed E-state index contributed by atoms with van der Waals surface area (Å²) in [6.07, 6.45) is 0. The van der Waals surface area contributed by atoms with Gasteiger partial charge in [-0.2, -0.15) is 0 Å². The number of nitrogens with zero attached hydrogens (tertiary/aromatic N) is 1. The standard InChI is InChI=1S/C28H30N4O3/c1-19-8-13-24-23(18-19)25(28(35)31-24)26(20-6-4-3-5-7-20)30-22-11-9-21(10-12-22)27(34)29-14-15-32(2)16-17-33/h3-13,18,30,33H,14-17H2,1-2H3,(H,29,34)(H,31,35). The molecule has 0 spiro atoms. The van der Waals surface area contributed by atoms with Crippen molar-refractivity contribution < 1.29 is 14.7 Å². The number of fused-ring (bicyclic) bond motifs is 1. The lowest BCUT2D eigenvalue weighted by molar-refractivity contribution is -0.110. The number of carbonyl (C=O) groups excluding carboxylic acids is 2. The van der Waals surface area contributed by atoms with E-state index in [4.69, 9.17) is 5.11 Å². The molecule has 7 nitrogen and oxygen atoms in total. The van der Waals surface area contributed by atoms with Crippen molar-refractivity contribution in [1.29, 1.82) is 0 Å². The lowest BCUT2D eigenvalue weighted by atomic mass is 9.98. The van der Waals surface area contributed by atoms with E-state index in [1.165, 1.54) is 0 Å². The number of aliphatic hydroxyl groups is 1. The van der Waals surface area contributed by atoms with Crippen molar-refractivity contribution in [2.45, 2.75) is 6.92 Å². The third-order valence-corrected chi connectivity index (χ3v) is 5.91. The van der Waals surface area contributed by atoms with Gasteiger partial charge >= 0.3 is 0 Å². The fourth-order valence-corrected chi connectivity index (χ4v) is 4.01. The first-order valence-electron chi connectivity index (χ1n) is 11.6. The summed E-state index contributed by atoms with van der Waals surface area (Å²) in [5, 5.41) is 18.3. The Morgan fingerprint density at radius 3 is 2.43 bits per heavy atom. The number of anilines is 2. The third-order valence-electron chi connectivity index (χ3n) is 5.91. The fraction of sp³-hybridized carbons (Fsp3) is 0.214. The van der Waals surface area contributed by atoms with E-state index in [0.29, 0.717) is 36.5 Å². The predicted octanol–water partition coefficient (Wildman–Crippen LogP) is 3.58. The van der Waals surface area contributed by atoms with E-state index in [2.05, 4.69) is 16.0 Å². The van der Waals surface area contributed by atoms with Crippen molar-refractivity contribution in [3.8, 4) is 0 Å². The molecule has 7 heteroatoms. The maximum Gasteiger partial charge on any atom is 0.258 e. The number of aliphatic hydroxyl groups excluding tert-OH is 1. The molecule has 0 atom stereocenters. The zero-order valence-corrected chi connectivity index (χ0v) is 20.0. The molecule has 0 unspecified atom stereocenters. The molecule has 4 rings (SSSR count). The summed E-state index contributed by atoms with van der Waals surface area (Å²) in [7, 11) is 1.89. The zero-order chi connectivity index (χ0) is 24.8. The molecule has 0 aliphatic carbocycles. The van der Waals surface area contributed by atoms with Crippen molar-refractivity contribution in [2.75, 3.05) is 43.9 Å². The highest BCUT2D eigenvalue weighted by atomic mass is 16.3. The van der Waals surface area contributed by atoms with Crippen LogP contribution in [0.3, 0.4) is 0 Å². The molecule has 0 aromatic heterocycles. The molecule has 2 amide bonds. The normalized spacial score (nSPS) is 13.9. The van der Waals surface area contributed by atoms with Gasteiger partial charge in [-0.25, -0.2) is 0 Å². The van der Waals surface area contributed by atoms with E-state index in [1.807, 2.05) is 79.5 Å². The van der Waals surface area contributed by atoms with Gasteiger partial charge in [-0.1, -0.05) is 42.0 Å². The van der Waals surface area contributed by atoms with Crippen LogP contribution in [0.5, 0.6) is 0 Å². The first-order chi connectivity index (χ1) is 17.0. The van der Waals surface area contributed by atoms with E-state index in [-0.39, 0.29) is 18.4 Å². The van der Waals surface area contributed by atoms with Crippen LogP contribution in [0.25, 0.3) is 11.3 Å². The number of hydrogen-bond acceptors (Lipinski definition) is 5. The lowest BCUT2D eigenvalue weighted by Gasteiger charge is -2.16. The molecule has 0 bridgehead atoms. The van der Waals surface area contributed by atoms with Crippen LogP contribution in [0.4, 0.5) is 11.4 Å². The molecule has 3 aromatic carbocycles. The molecular weight excluding hydrogens is 440 g/mol. The zero-order valence-electron chi connectivity index (χ0n) is 20.0. The molecule has 1 aliphatic heterocycles.